The van der Waals surface area contributed by atoms with Gasteiger partial charge in [-0.05, 0) is 0 Å². The van der Waals surface area contributed by atoms with Crippen molar-refractivity contribution in [2.75, 3.05) is 19.6 Å². The number of nitrogens with one attached hydrogen (secondary N) is 1. The first-order valence-corrected chi connectivity index (χ1v) is 7.00. The first kappa shape index (κ1) is 16.7. The largest absolute Gasteiger partial charge is 0.336 e. The fourth-order valence-corrected chi connectivity index (χ4v) is 2.67. The van der Waals surface area contributed by atoms with E-state index in [1.807, 2.05) is 17.8 Å². The molecule has 1 fully saturated rings. The number of rotatable bonds is 2. The van der Waals surface area contributed by atoms with Crippen LogP contribution in [0.25, 0.3) is 0 Å². The molecule has 1 saturated heterocycles. The number of nitrogens with zero attached hydrogens (tertiary/aromatic N) is 5. The third-order valence-corrected chi connectivity index (χ3v) is 3.81. The summed E-state index contributed by atoms with van der Waals surface area (Å²) in [5.41, 5.74) is 0.229. The van der Waals surface area contributed by atoms with E-state index < -0.39 is 0 Å². The van der Waals surface area contributed by atoms with Crippen molar-refractivity contribution in [1.29, 1.82) is 0 Å². The van der Waals surface area contributed by atoms with Gasteiger partial charge in [0.2, 0.25) is 0 Å². The van der Waals surface area contributed by atoms with E-state index in [0.29, 0.717) is 13.1 Å². The summed E-state index contributed by atoms with van der Waals surface area (Å²) in [4.78, 5) is 26.7. The van der Waals surface area contributed by atoms with Gasteiger partial charge in [-0.25, -0.2) is 15.0 Å². The first-order chi connectivity index (χ1) is 10.2. The van der Waals surface area contributed by atoms with E-state index in [-0.39, 0.29) is 35.1 Å². The van der Waals surface area contributed by atoms with Gasteiger partial charge in [-0.3, -0.25) is 4.79 Å². The fraction of sp³-hybridized carbons (Fsp3) is 0.385. The molecule has 1 N–H and O–H groups in total. The summed E-state index contributed by atoms with van der Waals surface area (Å²) in [6, 6.07) is -0.141. The van der Waals surface area contributed by atoms with Crippen LogP contribution in [0.3, 0.4) is 0 Å². The lowest BCUT2D eigenvalue weighted by Crippen LogP contribution is -2.49. The third kappa shape index (κ3) is 3.06. The lowest BCUT2D eigenvalue weighted by molar-refractivity contribution is 0.0614. The van der Waals surface area contributed by atoms with E-state index in [0.717, 1.165) is 12.4 Å². The van der Waals surface area contributed by atoms with Crippen LogP contribution in [-0.4, -0.2) is 50.0 Å². The highest BCUT2D eigenvalue weighted by Gasteiger charge is 2.32. The molecule has 118 valence electrons. The smallest absolute Gasteiger partial charge is 0.274 e. The second kappa shape index (κ2) is 7.04. The summed E-state index contributed by atoms with van der Waals surface area (Å²) in [7, 11) is 1.91. The van der Waals surface area contributed by atoms with E-state index in [1.54, 1.807) is 11.1 Å². The molecule has 22 heavy (non-hydrogen) atoms. The Morgan fingerprint density at radius 1 is 1.45 bits per heavy atom. The predicted molar refractivity (Wildman–Crippen MR) is 84.1 cm³/mol. The van der Waals surface area contributed by atoms with Gasteiger partial charge in [0.25, 0.3) is 5.91 Å². The van der Waals surface area contributed by atoms with Gasteiger partial charge in [-0.1, -0.05) is 11.6 Å². The maximum Gasteiger partial charge on any atom is 0.274 e. The number of amides is 1. The molecule has 1 atom stereocenters. The van der Waals surface area contributed by atoms with E-state index in [1.165, 1.54) is 12.5 Å². The van der Waals surface area contributed by atoms with E-state index in [9.17, 15) is 4.79 Å². The number of piperazine rings is 1. The quantitative estimate of drug-likeness (QED) is 0.883. The summed E-state index contributed by atoms with van der Waals surface area (Å²) in [6.07, 6.45) is 6.35. The molecule has 0 radical (unpaired) electrons. The van der Waals surface area contributed by atoms with Crippen molar-refractivity contribution < 1.29 is 4.79 Å². The molecule has 0 bridgehead atoms. The zero-order valence-electron chi connectivity index (χ0n) is 11.9. The van der Waals surface area contributed by atoms with Gasteiger partial charge < -0.3 is 14.8 Å². The summed E-state index contributed by atoms with van der Waals surface area (Å²) >= 11 is 6.03. The highest BCUT2D eigenvalue weighted by molar-refractivity contribution is 6.33. The standard InChI is InChI=1S/C13H15ClN6O.ClH/c1-19-4-3-17-12(19)10-7-15-2-5-20(10)13(21)11-9(14)6-16-8-18-11;/h3-4,6,8,10,15H,2,5,7H2,1H3;1H. The van der Waals surface area contributed by atoms with Crippen LogP contribution in [0.5, 0.6) is 0 Å². The number of carbonyl (C=O) groups excluding carboxylic acids is 1. The first-order valence-electron chi connectivity index (χ1n) is 6.63. The molecular formula is C13H16Cl2N6O. The molecule has 1 aliphatic heterocycles. The molecule has 0 aromatic carbocycles. The molecule has 1 aliphatic rings. The lowest BCUT2D eigenvalue weighted by Gasteiger charge is -2.35. The Balaban J connectivity index is 0.00000176. The van der Waals surface area contributed by atoms with Gasteiger partial charge in [-0.2, -0.15) is 0 Å². The van der Waals surface area contributed by atoms with Crippen LogP contribution < -0.4 is 5.32 Å². The number of imidazole rings is 1. The topological polar surface area (TPSA) is 75.9 Å². The zero-order valence-corrected chi connectivity index (χ0v) is 13.5. The summed E-state index contributed by atoms with van der Waals surface area (Å²) in [6.45, 7) is 1.96. The zero-order chi connectivity index (χ0) is 14.8. The molecule has 0 aliphatic carbocycles. The molecule has 9 heteroatoms. The number of aryl methyl sites for hydroxylation is 1. The van der Waals surface area contributed by atoms with E-state index >= 15 is 0 Å². The van der Waals surface area contributed by atoms with Gasteiger partial charge in [-0.15, -0.1) is 12.4 Å². The predicted octanol–water partition coefficient (Wildman–Crippen LogP) is 1.07. The van der Waals surface area contributed by atoms with Crippen molar-refractivity contribution in [1.82, 2.24) is 29.7 Å². The van der Waals surface area contributed by atoms with Crippen LogP contribution in [0.2, 0.25) is 5.02 Å². The van der Waals surface area contributed by atoms with Crippen LogP contribution in [0.15, 0.2) is 24.9 Å². The molecule has 0 saturated carbocycles. The van der Waals surface area contributed by atoms with Crippen LogP contribution in [0, 0.1) is 0 Å². The minimum Gasteiger partial charge on any atom is -0.336 e. The average Bonchev–Trinajstić information content (AvgIpc) is 2.93. The Morgan fingerprint density at radius 2 is 2.27 bits per heavy atom. The molecule has 0 spiro atoms. The molecule has 7 nitrogen and oxygen atoms in total. The molecule has 3 heterocycles. The second-order valence-electron chi connectivity index (χ2n) is 4.83. The van der Waals surface area contributed by atoms with Gasteiger partial charge >= 0.3 is 0 Å². The minimum atomic E-state index is -0.197. The van der Waals surface area contributed by atoms with Crippen LogP contribution in [0.4, 0.5) is 0 Å². The minimum absolute atomic E-state index is 0. The van der Waals surface area contributed by atoms with E-state index in [2.05, 4.69) is 20.3 Å². The summed E-state index contributed by atoms with van der Waals surface area (Å²) in [5.74, 6) is 0.637. The van der Waals surface area contributed by atoms with Crippen LogP contribution >= 0.6 is 24.0 Å². The Morgan fingerprint density at radius 3 is 2.95 bits per heavy atom. The van der Waals surface area contributed by atoms with Crippen molar-refractivity contribution in [2.45, 2.75) is 6.04 Å². The Bertz CT molecular complexity index is 661. The molecule has 1 amide bonds. The summed E-state index contributed by atoms with van der Waals surface area (Å²) < 4.78 is 1.92. The molecular weight excluding hydrogens is 327 g/mol. The SMILES string of the molecule is Cl.Cn1ccnc1C1CNCCN1C(=O)c1ncncc1Cl. The number of aromatic nitrogens is 4. The average molecular weight is 343 g/mol. The van der Waals surface area contributed by atoms with Crippen molar-refractivity contribution in [3.05, 3.63) is 41.5 Å². The Kier molecular flexibility index (Phi) is 5.33. The molecule has 1 unspecified atom stereocenters. The van der Waals surface area contributed by atoms with Crippen LogP contribution in [0.1, 0.15) is 22.4 Å². The number of hydrogen-bond donors (Lipinski definition) is 1. The fourth-order valence-electron chi connectivity index (χ4n) is 2.48. The van der Waals surface area contributed by atoms with Gasteiger partial charge in [0.15, 0.2) is 0 Å². The van der Waals surface area contributed by atoms with Gasteiger partial charge in [0.05, 0.1) is 5.02 Å². The van der Waals surface area contributed by atoms with E-state index in [4.69, 9.17) is 11.6 Å². The monoisotopic (exact) mass is 342 g/mol. The maximum atomic E-state index is 12.7. The highest BCUT2D eigenvalue weighted by atomic mass is 35.5. The second-order valence-corrected chi connectivity index (χ2v) is 5.24. The third-order valence-electron chi connectivity index (χ3n) is 3.53. The molecule has 2 aromatic rings. The van der Waals surface area contributed by atoms with Gasteiger partial charge in [0, 0.05) is 45.3 Å². The normalized spacial score (nSPS) is 17.9. The van der Waals surface area contributed by atoms with Crippen molar-refractivity contribution >= 4 is 29.9 Å². The molecule has 2 aromatic heterocycles. The van der Waals surface area contributed by atoms with Crippen molar-refractivity contribution in [3.63, 3.8) is 0 Å². The number of hydrogen-bond acceptors (Lipinski definition) is 5. The molecule has 3 rings (SSSR count). The maximum absolute atomic E-state index is 12.7. The summed E-state index contributed by atoms with van der Waals surface area (Å²) in [5, 5.41) is 3.55. The van der Waals surface area contributed by atoms with Crippen molar-refractivity contribution in [3.8, 4) is 0 Å². The number of carbonyl (C=O) groups is 1. The van der Waals surface area contributed by atoms with Crippen molar-refractivity contribution in [2.24, 2.45) is 7.05 Å². The van der Waals surface area contributed by atoms with Gasteiger partial charge in [0.1, 0.15) is 23.9 Å². The Labute approximate surface area is 139 Å². The van der Waals surface area contributed by atoms with Crippen LogP contribution in [-0.2, 0) is 7.05 Å². The lowest BCUT2D eigenvalue weighted by atomic mass is 10.1. The highest BCUT2D eigenvalue weighted by Crippen LogP contribution is 2.24. The number of halogens is 2. The Hall–Kier alpha value is -1.70.